The lowest BCUT2D eigenvalue weighted by Gasteiger charge is -2.20. The Morgan fingerprint density at radius 1 is 1.06 bits per heavy atom. The smallest absolute Gasteiger partial charge is 0.260 e. The van der Waals surface area contributed by atoms with E-state index in [-0.39, 0.29) is 5.91 Å². The van der Waals surface area contributed by atoms with Crippen molar-refractivity contribution in [2.45, 2.75) is 43.9 Å². The summed E-state index contributed by atoms with van der Waals surface area (Å²) in [5, 5.41) is 1.22. The maximum Gasteiger partial charge on any atom is 0.260 e. The van der Waals surface area contributed by atoms with Crippen LogP contribution in [-0.2, 0) is 13.0 Å². The SMILES string of the molecule is CCc1cccc2sc(N(Cc3ccncc3)C(=O)c3ccc(SC(C)C)cc3)nc12. The first-order chi connectivity index (χ1) is 15.0. The van der Waals surface area contributed by atoms with E-state index in [4.69, 9.17) is 4.98 Å². The molecule has 2 aromatic heterocycles. The van der Waals surface area contributed by atoms with Crippen LogP contribution in [-0.4, -0.2) is 21.1 Å². The lowest BCUT2D eigenvalue weighted by molar-refractivity contribution is 0.0985. The molecule has 0 spiro atoms. The topological polar surface area (TPSA) is 46.1 Å². The van der Waals surface area contributed by atoms with E-state index in [2.05, 4.69) is 44.0 Å². The number of aryl methyl sites for hydroxylation is 1. The summed E-state index contributed by atoms with van der Waals surface area (Å²) >= 11 is 3.35. The zero-order chi connectivity index (χ0) is 21.8. The van der Waals surface area contributed by atoms with Gasteiger partial charge in [0, 0.05) is 28.1 Å². The van der Waals surface area contributed by atoms with Crippen LogP contribution in [0.15, 0.2) is 71.9 Å². The molecule has 0 saturated heterocycles. The average molecular weight is 448 g/mol. The number of pyridine rings is 1. The molecule has 0 saturated carbocycles. The second-order valence-electron chi connectivity index (χ2n) is 7.55. The van der Waals surface area contributed by atoms with Gasteiger partial charge in [0.15, 0.2) is 5.13 Å². The van der Waals surface area contributed by atoms with Crippen molar-refractivity contribution in [2.75, 3.05) is 4.90 Å². The molecular weight excluding hydrogens is 422 g/mol. The number of hydrogen-bond donors (Lipinski definition) is 0. The minimum atomic E-state index is -0.0463. The maximum atomic E-state index is 13.6. The number of rotatable bonds is 7. The Morgan fingerprint density at radius 3 is 2.48 bits per heavy atom. The molecule has 2 aromatic carbocycles. The molecule has 31 heavy (non-hydrogen) atoms. The molecule has 0 aliphatic carbocycles. The van der Waals surface area contributed by atoms with Gasteiger partial charge in [0.25, 0.3) is 5.91 Å². The fourth-order valence-corrected chi connectivity index (χ4v) is 5.24. The molecule has 0 N–H and O–H groups in total. The first-order valence-electron chi connectivity index (χ1n) is 10.4. The minimum Gasteiger partial charge on any atom is -0.279 e. The van der Waals surface area contributed by atoms with Gasteiger partial charge in [0.2, 0.25) is 0 Å². The van der Waals surface area contributed by atoms with Crippen molar-refractivity contribution in [3.63, 3.8) is 0 Å². The van der Waals surface area contributed by atoms with E-state index < -0.39 is 0 Å². The third-order valence-electron chi connectivity index (χ3n) is 4.91. The number of fused-ring (bicyclic) bond motifs is 1. The van der Waals surface area contributed by atoms with Crippen molar-refractivity contribution in [2.24, 2.45) is 0 Å². The number of carbonyl (C=O) groups excluding carboxylic acids is 1. The number of hydrogen-bond acceptors (Lipinski definition) is 5. The molecule has 0 fully saturated rings. The molecule has 6 heteroatoms. The molecule has 4 nitrogen and oxygen atoms in total. The highest BCUT2D eigenvalue weighted by Gasteiger charge is 2.22. The fourth-order valence-electron chi connectivity index (χ4n) is 3.40. The van der Waals surface area contributed by atoms with E-state index in [0.717, 1.165) is 27.3 Å². The van der Waals surface area contributed by atoms with Gasteiger partial charge in [-0.1, -0.05) is 44.2 Å². The van der Waals surface area contributed by atoms with E-state index >= 15 is 0 Å². The molecule has 4 rings (SSSR count). The zero-order valence-corrected chi connectivity index (χ0v) is 19.5. The number of aromatic nitrogens is 2. The highest BCUT2D eigenvalue weighted by Crippen LogP contribution is 2.33. The predicted octanol–water partition coefficient (Wildman–Crippen LogP) is 6.60. The van der Waals surface area contributed by atoms with Crippen LogP contribution in [0.2, 0.25) is 0 Å². The molecule has 0 atom stereocenters. The van der Waals surface area contributed by atoms with Crippen molar-refractivity contribution < 1.29 is 4.79 Å². The van der Waals surface area contributed by atoms with Gasteiger partial charge >= 0.3 is 0 Å². The number of anilines is 1. The lowest BCUT2D eigenvalue weighted by atomic mass is 10.1. The molecule has 2 heterocycles. The van der Waals surface area contributed by atoms with Crippen LogP contribution in [0.4, 0.5) is 5.13 Å². The summed E-state index contributed by atoms with van der Waals surface area (Å²) in [5.74, 6) is -0.0463. The lowest BCUT2D eigenvalue weighted by Crippen LogP contribution is -2.30. The van der Waals surface area contributed by atoms with Crippen LogP contribution < -0.4 is 4.90 Å². The summed E-state index contributed by atoms with van der Waals surface area (Å²) in [6.07, 6.45) is 4.42. The van der Waals surface area contributed by atoms with Gasteiger partial charge in [-0.05, 0) is 60.0 Å². The highest BCUT2D eigenvalue weighted by molar-refractivity contribution is 7.99. The van der Waals surface area contributed by atoms with Crippen molar-refractivity contribution in [1.29, 1.82) is 0 Å². The van der Waals surface area contributed by atoms with Crippen molar-refractivity contribution in [1.82, 2.24) is 9.97 Å². The second-order valence-corrected chi connectivity index (χ2v) is 10.2. The first-order valence-corrected chi connectivity index (χ1v) is 12.1. The van der Waals surface area contributed by atoms with Gasteiger partial charge < -0.3 is 0 Å². The fraction of sp³-hybridized carbons (Fsp3) is 0.240. The quantitative estimate of drug-likeness (QED) is 0.299. The Morgan fingerprint density at radius 2 is 1.81 bits per heavy atom. The first kappa shape index (κ1) is 21.5. The molecule has 0 radical (unpaired) electrons. The Labute approximate surface area is 191 Å². The van der Waals surface area contributed by atoms with Crippen molar-refractivity contribution in [3.05, 3.63) is 83.7 Å². The third-order valence-corrected chi connectivity index (χ3v) is 6.97. The number of nitrogens with zero attached hydrogens (tertiary/aromatic N) is 3. The van der Waals surface area contributed by atoms with Gasteiger partial charge in [0.05, 0.1) is 16.8 Å². The van der Waals surface area contributed by atoms with Gasteiger partial charge in [-0.15, -0.1) is 11.8 Å². The Bertz CT molecular complexity index is 1170. The zero-order valence-electron chi connectivity index (χ0n) is 17.9. The Hall–Kier alpha value is -2.70. The van der Waals surface area contributed by atoms with E-state index in [1.807, 2.05) is 36.4 Å². The minimum absolute atomic E-state index is 0.0463. The number of carbonyl (C=O) groups is 1. The van der Waals surface area contributed by atoms with Gasteiger partial charge in [-0.3, -0.25) is 14.7 Å². The number of thioether (sulfide) groups is 1. The largest absolute Gasteiger partial charge is 0.279 e. The van der Waals surface area contributed by atoms with Crippen LogP contribution in [0.5, 0.6) is 0 Å². The van der Waals surface area contributed by atoms with Crippen LogP contribution in [0.1, 0.15) is 42.3 Å². The van der Waals surface area contributed by atoms with Crippen LogP contribution >= 0.6 is 23.1 Å². The number of amides is 1. The van der Waals surface area contributed by atoms with E-state index in [1.165, 1.54) is 10.5 Å². The molecule has 0 bridgehead atoms. The monoisotopic (exact) mass is 447 g/mol. The Kier molecular flexibility index (Phi) is 6.68. The van der Waals surface area contributed by atoms with Crippen LogP contribution in [0, 0.1) is 0 Å². The molecule has 4 aromatic rings. The van der Waals surface area contributed by atoms with E-state index in [0.29, 0.717) is 17.4 Å². The highest BCUT2D eigenvalue weighted by atomic mass is 32.2. The number of thiazole rings is 1. The summed E-state index contributed by atoms with van der Waals surface area (Å²) in [6, 6.07) is 18.0. The number of benzene rings is 2. The van der Waals surface area contributed by atoms with Crippen LogP contribution in [0.25, 0.3) is 10.2 Å². The van der Waals surface area contributed by atoms with Gasteiger partial charge in [-0.2, -0.15) is 0 Å². The molecule has 158 valence electrons. The van der Waals surface area contributed by atoms with E-state index in [9.17, 15) is 4.79 Å². The second kappa shape index (κ2) is 9.62. The standard InChI is InChI=1S/C25H25N3OS2/c1-4-19-6-5-7-22-23(19)27-25(31-22)28(16-18-12-14-26-15-13-18)24(29)20-8-10-21(11-9-20)30-17(2)3/h5-15,17H,4,16H2,1-3H3. The van der Waals surface area contributed by atoms with Crippen LogP contribution in [0.3, 0.4) is 0 Å². The Balaban J connectivity index is 1.71. The third kappa shape index (κ3) is 4.97. The normalized spacial score (nSPS) is 11.2. The molecule has 0 unspecified atom stereocenters. The number of para-hydroxylation sites is 1. The molecule has 0 aliphatic rings. The molecule has 1 amide bonds. The summed E-state index contributed by atoms with van der Waals surface area (Å²) in [4.78, 5) is 25.5. The molecule has 0 aliphatic heterocycles. The van der Waals surface area contributed by atoms with Gasteiger partial charge in [0.1, 0.15) is 0 Å². The van der Waals surface area contributed by atoms with E-state index in [1.54, 1.807) is 40.4 Å². The average Bonchev–Trinajstić information content (AvgIpc) is 3.22. The van der Waals surface area contributed by atoms with Crippen molar-refractivity contribution >= 4 is 44.4 Å². The maximum absolute atomic E-state index is 13.6. The summed E-state index contributed by atoms with van der Waals surface area (Å²) in [7, 11) is 0. The van der Waals surface area contributed by atoms with Gasteiger partial charge in [-0.25, -0.2) is 4.98 Å². The van der Waals surface area contributed by atoms with Crippen molar-refractivity contribution in [3.8, 4) is 0 Å². The summed E-state index contributed by atoms with van der Waals surface area (Å²) in [6.45, 7) is 6.91. The summed E-state index contributed by atoms with van der Waals surface area (Å²) < 4.78 is 1.10. The predicted molar refractivity (Wildman–Crippen MR) is 131 cm³/mol. The summed E-state index contributed by atoms with van der Waals surface area (Å²) in [5.41, 5.74) is 3.87. The molecular formula is C25H25N3OS2.